The summed E-state index contributed by atoms with van der Waals surface area (Å²) in [6.45, 7) is 1.27. The van der Waals surface area contributed by atoms with Crippen LogP contribution >= 0.6 is 0 Å². The van der Waals surface area contributed by atoms with Gasteiger partial charge in [-0.05, 0) is 37.3 Å². The van der Waals surface area contributed by atoms with Crippen molar-refractivity contribution < 1.29 is 32.2 Å². The smallest absolute Gasteiger partial charge is 0.255 e. The Balaban J connectivity index is 1.96. The highest BCUT2D eigenvalue weighted by molar-refractivity contribution is 5.77. The summed E-state index contributed by atoms with van der Waals surface area (Å²) < 4.78 is 62.8. The van der Waals surface area contributed by atoms with E-state index in [2.05, 4.69) is 4.98 Å². The first kappa shape index (κ1) is 22.4. The molecule has 0 aliphatic heterocycles. The Morgan fingerprint density at radius 2 is 1.67 bits per heavy atom. The highest BCUT2D eigenvalue weighted by Crippen LogP contribution is 2.36. The number of pyridine rings is 1. The van der Waals surface area contributed by atoms with Crippen molar-refractivity contribution >= 4 is 0 Å². The third kappa shape index (κ3) is 4.18. The van der Waals surface area contributed by atoms with Crippen LogP contribution in [0.4, 0.5) is 17.6 Å². The number of hydrogen-bond acceptors (Lipinski definition) is 5. The van der Waals surface area contributed by atoms with E-state index in [4.69, 9.17) is 4.42 Å². The molecule has 0 radical (unpaired) electrons. The molecule has 2 heterocycles. The molecule has 0 saturated heterocycles. The number of aromatic nitrogens is 2. The van der Waals surface area contributed by atoms with Gasteiger partial charge in [-0.25, -0.2) is 22.5 Å². The molecule has 4 rings (SSSR count). The molecule has 170 valence electrons. The second kappa shape index (κ2) is 8.64. The van der Waals surface area contributed by atoms with Crippen molar-refractivity contribution in [2.24, 2.45) is 0 Å². The van der Waals surface area contributed by atoms with Crippen LogP contribution in [0.1, 0.15) is 18.9 Å². The third-order valence-electron chi connectivity index (χ3n) is 4.89. The minimum absolute atomic E-state index is 0.0729. The molecule has 6 nitrogen and oxygen atoms in total. The predicted octanol–water partition coefficient (Wildman–Crippen LogP) is 4.13. The second-order valence-corrected chi connectivity index (χ2v) is 7.24. The first-order valence-corrected chi connectivity index (χ1v) is 9.67. The Hall–Kier alpha value is -3.76. The molecule has 4 aromatic rings. The maximum Gasteiger partial charge on any atom is 0.255 e. The van der Waals surface area contributed by atoms with Gasteiger partial charge in [-0.2, -0.15) is 0 Å². The van der Waals surface area contributed by atoms with Crippen LogP contribution in [-0.2, 0) is 0 Å². The molecule has 0 spiro atoms. The van der Waals surface area contributed by atoms with Crippen LogP contribution in [-0.4, -0.2) is 25.9 Å². The van der Waals surface area contributed by atoms with E-state index >= 15 is 0 Å². The monoisotopic (exact) mass is 460 g/mol. The third-order valence-corrected chi connectivity index (χ3v) is 4.89. The van der Waals surface area contributed by atoms with Crippen LogP contribution in [0.5, 0.6) is 0 Å². The van der Waals surface area contributed by atoms with Gasteiger partial charge < -0.3 is 14.6 Å². The fraction of sp³-hybridized carbons (Fsp3) is 0.130. The Kier molecular flexibility index (Phi) is 5.88. The van der Waals surface area contributed by atoms with E-state index in [9.17, 15) is 32.6 Å². The van der Waals surface area contributed by atoms with Crippen molar-refractivity contribution in [3.05, 3.63) is 94.2 Å². The molecule has 1 unspecified atom stereocenters. The first-order valence-electron chi connectivity index (χ1n) is 9.67. The average molecular weight is 460 g/mol. The topological polar surface area (TPSA) is 88.5 Å². The molecule has 0 aliphatic carbocycles. The molecular weight excluding hydrogens is 444 g/mol. The van der Waals surface area contributed by atoms with Crippen molar-refractivity contribution in [3.63, 3.8) is 0 Å². The summed E-state index contributed by atoms with van der Waals surface area (Å²) in [6, 6.07) is 8.05. The summed E-state index contributed by atoms with van der Waals surface area (Å²) in [5, 5.41) is 19.9. The minimum Gasteiger partial charge on any atom is -0.437 e. The predicted molar refractivity (Wildman–Crippen MR) is 109 cm³/mol. The van der Waals surface area contributed by atoms with E-state index in [1.54, 1.807) is 0 Å². The standard InChI is InChI=1S/C23H16F4N2O4/c1-11(30)21(32)23-28-19(22(33-23)14-7-6-13(24)9-17(14)27)12-5-8-18(31)29(10-12)20-15(25)3-2-4-16(20)26/h2-11,21,30,32H,1H3/t11?,21-/m0/s1. The highest BCUT2D eigenvalue weighted by atomic mass is 19.1. The van der Waals surface area contributed by atoms with E-state index in [1.165, 1.54) is 13.0 Å². The van der Waals surface area contributed by atoms with E-state index in [0.717, 1.165) is 42.6 Å². The van der Waals surface area contributed by atoms with Crippen molar-refractivity contribution in [2.75, 3.05) is 0 Å². The summed E-state index contributed by atoms with van der Waals surface area (Å²) >= 11 is 0. The van der Waals surface area contributed by atoms with Gasteiger partial charge in [0.2, 0.25) is 5.89 Å². The Bertz CT molecular complexity index is 1380. The van der Waals surface area contributed by atoms with Gasteiger partial charge in [-0.3, -0.25) is 9.36 Å². The van der Waals surface area contributed by atoms with Crippen molar-refractivity contribution in [2.45, 2.75) is 19.1 Å². The first-order chi connectivity index (χ1) is 15.7. The van der Waals surface area contributed by atoms with Crippen LogP contribution in [0.2, 0.25) is 0 Å². The number of hydrogen-bond donors (Lipinski definition) is 2. The summed E-state index contributed by atoms with van der Waals surface area (Å²) in [4.78, 5) is 16.5. The second-order valence-electron chi connectivity index (χ2n) is 7.24. The zero-order chi connectivity index (χ0) is 23.9. The van der Waals surface area contributed by atoms with Crippen LogP contribution in [0, 0.1) is 23.3 Å². The summed E-state index contributed by atoms with van der Waals surface area (Å²) in [5.41, 5.74) is -1.65. The molecular formula is C23H16F4N2O4. The molecule has 2 atom stereocenters. The van der Waals surface area contributed by atoms with Crippen molar-refractivity contribution in [3.8, 4) is 28.3 Å². The maximum absolute atomic E-state index is 14.5. The lowest BCUT2D eigenvalue weighted by Gasteiger charge is -2.10. The van der Waals surface area contributed by atoms with Gasteiger partial charge in [-0.15, -0.1) is 0 Å². The maximum atomic E-state index is 14.5. The van der Waals surface area contributed by atoms with Gasteiger partial charge in [0.25, 0.3) is 5.56 Å². The van der Waals surface area contributed by atoms with E-state index < -0.39 is 46.7 Å². The van der Waals surface area contributed by atoms with Crippen LogP contribution < -0.4 is 5.56 Å². The van der Waals surface area contributed by atoms with Gasteiger partial charge >= 0.3 is 0 Å². The number of para-hydroxylation sites is 1. The molecule has 0 aliphatic rings. The Labute approximate surface area is 184 Å². The van der Waals surface area contributed by atoms with Gasteiger partial charge in [-0.1, -0.05) is 6.07 Å². The quantitative estimate of drug-likeness (QED) is 0.438. The summed E-state index contributed by atoms with van der Waals surface area (Å²) in [6.07, 6.45) is -1.81. The van der Waals surface area contributed by atoms with Gasteiger partial charge in [0.1, 0.15) is 34.7 Å². The van der Waals surface area contributed by atoms with Gasteiger partial charge in [0.05, 0.1) is 11.7 Å². The number of halogens is 4. The lowest BCUT2D eigenvalue weighted by Crippen LogP contribution is -2.19. The Morgan fingerprint density at radius 1 is 0.970 bits per heavy atom. The molecule has 0 saturated carbocycles. The average Bonchev–Trinajstić information content (AvgIpc) is 3.19. The summed E-state index contributed by atoms with van der Waals surface area (Å²) in [5.74, 6) is -4.46. The number of nitrogens with zero attached hydrogens (tertiary/aromatic N) is 2. The molecule has 2 N–H and O–H groups in total. The van der Waals surface area contributed by atoms with Gasteiger partial charge in [0, 0.05) is 23.9 Å². The highest BCUT2D eigenvalue weighted by Gasteiger charge is 2.26. The zero-order valence-electron chi connectivity index (χ0n) is 17.0. The van der Waals surface area contributed by atoms with E-state index in [-0.39, 0.29) is 28.5 Å². The van der Waals surface area contributed by atoms with Crippen LogP contribution in [0.15, 0.2) is 63.9 Å². The molecule has 0 amide bonds. The Morgan fingerprint density at radius 3 is 2.30 bits per heavy atom. The molecule has 0 bridgehead atoms. The minimum atomic E-state index is -1.59. The number of oxazole rings is 1. The van der Waals surface area contributed by atoms with E-state index in [1.807, 2.05) is 0 Å². The van der Waals surface area contributed by atoms with Crippen molar-refractivity contribution in [1.29, 1.82) is 0 Å². The summed E-state index contributed by atoms with van der Waals surface area (Å²) in [7, 11) is 0. The molecule has 10 heteroatoms. The normalized spacial score (nSPS) is 13.2. The fourth-order valence-corrected chi connectivity index (χ4v) is 3.24. The molecule has 2 aromatic carbocycles. The number of benzene rings is 2. The lowest BCUT2D eigenvalue weighted by molar-refractivity contribution is 0.0138. The van der Waals surface area contributed by atoms with E-state index in [0.29, 0.717) is 10.6 Å². The number of aliphatic hydroxyl groups is 2. The molecule has 33 heavy (non-hydrogen) atoms. The SMILES string of the molecule is CC(O)[C@H](O)c1nc(-c2ccc(=O)n(-c3c(F)cccc3F)c2)c(-c2ccc(F)cc2F)o1. The van der Waals surface area contributed by atoms with Crippen LogP contribution in [0.3, 0.4) is 0 Å². The number of aliphatic hydroxyl groups excluding tert-OH is 2. The van der Waals surface area contributed by atoms with Crippen molar-refractivity contribution in [1.82, 2.24) is 9.55 Å². The zero-order valence-corrected chi connectivity index (χ0v) is 17.0. The lowest BCUT2D eigenvalue weighted by atomic mass is 10.1. The number of rotatable bonds is 5. The van der Waals surface area contributed by atoms with Crippen LogP contribution in [0.25, 0.3) is 28.3 Å². The largest absolute Gasteiger partial charge is 0.437 e. The van der Waals surface area contributed by atoms with Gasteiger partial charge in [0.15, 0.2) is 11.9 Å². The molecule has 0 fully saturated rings. The molecule has 2 aromatic heterocycles. The fourth-order valence-electron chi connectivity index (χ4n) is 3.24.